The number of esters is 1. The molecule has 4 N–H and O–H groups in total. The number of benzene rings is 2. The molecule has 0 radical (unpaired) electrons. The summed E-state index contributed by atoms with van der Waals surface area (Å²) in [6.45, 7) is 1.69. The number of ether oxygens (including phenoxy) is 2. The molecule has 0 aliphatic rings. The summed E-state index contributed by atoms with van der Waals surface area (Å²) >= 11 is 0. The normalized spacial score (nSPS) is 7.42. The van der Waals surface area contributed by atoms with E-state index in [1.165, 1.54) is 12.1 Å². The Bertz CT molecular complexity index is 1470. The Labute approximate surface area is 192 Å². The van der Waals surface area contributed by atoms with Crippen molar-refractivity contribution in [3.63, 3.8) is 0 Å². The first-order valence-electron chi connectivity index (χ1n) is 9.15. The average molecular weight is 426 g/mol. The van der Waals surface area contributed by atoms with Gasteiger partial charge in [0.05, 0.1) is 5.56 Å². The number of carbonyl (C=O) groups is 1. The number of hydrogen-bond donors (Lipinski definition) is 2. The quantitative estimate of drug-likeness (QED) is 0.341. The number of nitrogens with two attached hydrogens (primary N) is 2. The van der Waals surface area contributed by atoms with E-state index in [2.05, 4.69) is 83.1 Å². The lowest BCUT2D eigenvalue weighted by Crippen LogP contribution is -2.09. The molecule has 0 aliphatic carbocycles. The lowest BCUT2D eigenvalue weighted by atomic mass is 10.2. The van der Waals surface area contributed by atoms with Crippen molar-refractivity contribution in [3.8, 4) is 94.6 Å². The largest absolute Gasteiger partial charge is 0.423 e. The molecule has 5 nitrogen and oxygen atoms in total. The number of nitrogen functional groups attached to an aromatic ring is 2. The highest BCUT2D eigenvalue weighted by atomic mass is 16.5. The van der Waals surface area contributed by atoms with Gasteiger partial charge in [0.15, 0.2) is 0 Å². The van der Waals surface area contributed by atoms with Crippen LogP contribution < -0.4 is 20.9 Å². The van der Waals surface area contributed by atoms with Gasteiger partial charge >= 0.3 is 5.97 Å². The number of anilines is 2. The zero-order chi connectivity index (χ0) is 23.7. The Hall–Kier alpha value is -5.77. The fourth-order valence-corrected chi connectivity index (χ4v) is 2.02. The third-order valence-corrected chi connectivity index (χ3v) is 3.28. The number of hydrogen-bond acceptors (Lipinski definition) is 5. The first-order valence-corrected chi connectivity index (χ1v) is 9.15. The molecule has 0 saturated heterocycles. The van der Waals surface area contributed by atoms with Crippen molar-refractivity contribution >= 4 is 17.3 Å². The van der Waals surface area contributed by atoms with Crippen molar-refractivity contribution in [3.05, 3.63) is 48.0 Å². The molecular weight excluding hydrogens is 412 g/mol. The number of carbonyl (C=O) groups excluding carboxylic acids is 1. The smallest absolute Gasteiger partial charge is 0.343 e. The van der Waals surface area contributed by atoms with Crippen LogP contribution in [0.2, 0.25) is 0 Å². The molecule has 0 aliphatic heterocycles. The van der Waals surface area contributed by atoms with Crippen LogP contribution in [0, 0.1) is 83.1 Å². The summed E-state index contributed by atoms with van der Waals surface area (Å²) in [5.41, 5.74) is 12.4. The predicted octanol–water partition coefficient (Wildman–Crippen LogP) is 2.45. The van der Waals surface area contributed by atoms with Gasteiger partial charge in [0, 0.05) is 46.9 Å². The second-order valence-electron chi connectivity index (χ2n) is 5.70. The van der Waals surface area contributed by atoms with Crippen LogP contribution in [-0.4, -0.2) is 5.97 Å². The van der Waals surface area contributed by atoms with Crippen LogP contribution in [0.5, 0.6) is 11.5 Å². The summed E-state index contributed by atoms with van der Waals surface area (Å²) in [7, 11) is 0. The molecule has 0 fully saturated rings. The molecule has 0 saturated carbocycles. The maximum absolute atomic E-state index is 12.2. The lowest BCUT2D eigenvalue weighted by molar-refractivity contribution is 0.0734. The summed E-state index contributed by atoms with van der Waals surface area (Å²) in [5, 5.41) is 0. The Morgan fingerprint density at radius 1 is 0.667 bits per heavy atom. The van der Waals surface area contributed by atoms with Gasteiger partial charge in [-0.1, -0.05) is 5.92 Å². The topological polar surface area (TPSA) is 87.6 Å². The highest BCUT2D eigenvalue weighted by Crippen LogP contribution is 2.20. The van der Waals surface area contributed by atoms with E-state index in [0.717, 1.165) is 0 Å². The molecule has 0 bridgehead atoms. The van der Waals surface area contributed by atoms with Gasteiger partial charge in [-0.25, -0.2) is 4.79 Å². The van der Waals surface area contributed by atoms with Gasteiger partial charge in [-0.05, 0) is 84.9 Å². The molecule has 33 heavy (non-hydrogen) atoms. The summed E-state index contributed by atoms with van der Waals surface area (Å²) in [5.74, 6) is 33.0. The maximum atomic E-state index is 12.2. The minimum atomic E-state index is -0.578. The van der Waals surface area contributed by atoms with Gasteiger partial charge < -0.3 is 20.9 Å². The van der Waals surface area contributed by atoms with Crippen LogP contribution in [-0.2, 0) is 0 Å². The minimum Gasteiger partial charge on any atom is -0.423 e. The van der Waals surface area contributed by atoms with Gasteiger partial charge in [-0.2, -0.15) is 0 Å². The van der Waals surface area contributed by atoms with Crippen LogP contribution in [0.3, 0.4) is 0 Å². The molecule has 2 rings (SSSR count). The van der Waals surface area contributed by atoms with Gasteiger partial charge in [0.25, 0.3) is 0 Å². The molecular formula is C28H14N2O3. The van der Waals surface area contributed by atoms with Crippen molar-refractivity contribution in [1.29, 1.82) is 0 Å². The van der Waals surface area contributed by atoms with E-state index in [4.69, 9.17) is 20.9 Å². The lowest BCUT2D eigenvalue weighted by Gasteiger charge is -2.06. The van der Waals surface area contributed by atoms with Crippen LogP contribution in [0.15, 0.2) is 42.5 Å². The highest BCUT2D eigenvalue weighted by molar-refractivity contribution is 5.93. The summed E-state index contributed by atoms with van der Waals surface area (Å²) in [6, 6.07) is 10.8. The Morgan fingerprint density at radius 3 is 1.64 bits per heavy atom. The molecule has 0 unspecified atom stereocenters. The SMILES string of the molecule is CC#CC#CC#CC#CC#CC#CC#COc1ccc(OC(=O)c2cc(N)cc(N)c2)cc1. The highest BCUT2D eigenvalue weighted by Gasteiger charge is 2.10. The fourth-order valence-electron chi connectivity index (χ4n) is 2.02. The van der Waals surface area contributed by atoms with E-state index in [0.29, 0.717) is 22.9 Å². The maximum Gasteiger partial charge on any atom is 0.343 e. The second-order valence-corrected chi connectivity index (χ2v) is 5.70. The van der Waals surface area contributed by atoms with Gasteiger partial charge in [-0.3, -0.25) is 0 Å². The Kier molecular flexibility index (Phi) is 9.58. The van der Waals surface area contributed by atoms with Crippen molar-refractivity contribution in [1.82, 2.24) is 0 Å². The van der Waals surface area contributed by atoms with Crippen molar-refractivity contribution in [2.75, 3.05) is 11.5 Å². The first-order chi connectivity index (χ1) is 16.1. The zero-order valence-electron chi connectivity index (χ0n) is 17.4. The molecule has 2 aromatic rings. The van der Waals surface area contributed by atoms with E-state index in [1.54, 1.807) is 37.3 Å². The third-order valence-electron chi connectivity index (χ3n) is 3.28. The first kappa shape index (κ1) is 23.5. The molecule has 0 spiro atoms. The third kappa shape index (κ3) is 9.51. The molecule has 5 heteroatoms. The molecule has 0 aromatic heterocycles. The summed E-state index contributed by atoms with van der Waals surface area (Å²) in [4.78, 5) is 12.2. The van der Waals surface area contributed by atoms with E-state index >= 15 is 0 Å². The Morgan fingerprint density at radius 2 is 1.12 bits per heavy atom. The van der Waals surface area contributed by atoms with Crippen LogP contribution in [0.1, 0.15) is 17.3 Å². The van der Waals surface area contributed by atoms with Crippen molar-refractivity contribution in [2.45, 2.75) is 6.92 Å². The standard InChI is InChI=1S/C28H14N2O3/c1-2-3-4-5-6-7-8-9-10-11-12-13-14-19-32-26-15-17-27(18-16-26)33-28(31)23-20-24(29)22-25(30)21-23/h15-18,20-22H,29-30H2,1H3. The van der Waals surface area contributed by atoms with Gasteiger partial charge in [0.2, 0.25) is 0 Å². The van der Waals surface area contributed by atoms with Gasteiger partial charge in [0.1, 0.15) is 17.6 Å². The van der Waals surface area contributed by atoms with Crippen LogP contribution in [0.25, 0.3) is 0 Å². The van der Waals surface area contributed by atoms with E-state index < -0.39 is 5.97 Å². The summed E-state index contributed by atoms with van der Waals surface area (Å²) in [6.07, 6.45) is 2.42. The Balaban J connectivity index is 1.84. The second kappa shape index (κ2) is 13.5. The van der Waals surface area contributed by atoms with Crippen LogP contribution in [0.4, 0.5) is 11.4 Å². The number of rotatable bonds is 3. The van der Waals surface area contributed by atoms with E-state index in [1.807, 2.05) is 0 Å². The molecule has 0 heterocycles. The minimum absolute atomic E-state index is 0.256. The fraction of sp³-hybridized carbons (Fsp3) is 0.0357. The van der Waals surface area contributed by atoms with E-state index in [-0.39, 0.29) is 5.56 Å². The van der Waals surface area contributed by atoms with E-state index in [9.17, 15) is 4.79 Å². The summed E-state index contributed by atoms with van der Waals surface area (Å²) < 4.78 is 10.5. The van der Waals surface area contributed by atoms with Crippen molar-refractivity contribution < 1.29 is 14.3 Å². The monoisotopic (exact) mass is 426 g/mol. The van der Waals surface area contributed by atoms with Gasteiger partial charge in [-0.15, -0.1) is 0 Å². The molecule has 154 valence electrons. The zero-order valence-corrected chi connectivity index (χ0v) is 17.4. The molecule has 0 amide bonds. The molecule has 2 aromatic carbocycles. The van der Waals surface area contributed by atoms with Crippen molar-refractivity contribution in [2.24, 2.45) is 0 Å². The predicted molar refractivity (Wildman–Crippen MR) is 127 cm³/mol. The molecule has 0 atom stereocenters. The average Bonchev–Trinajstić information content (AvgIpc) is 2.79. The van der Waals surface area contributed by atoms with Crippen LogP contribution >= 0.6 is 0 Å².